The normalized spacial score (nSPS) is 13.7. The standard InChI is InChI=1S/C11H12ClNO6/c1-2-19-11(18)8(15)7(14)6-3-5(10(16)17)4-13-9(6)12/h3-4,7-8,14-15H,2H2,1H3,(H,16,17). The number of halogens is 1. The first-order chi connectivity index (χ1) is 8.88. The van der Waals surface area contributed by atoms with Gasteiger partial charge >= 0.3 is 11.9 Å². The maximum absolute atomic E-state index is 11.3. The van der Waals surface area contributed by atoms with Crippen LogP contribution in [0.2, 0.25) is 5.15 Å². The zero-order valence-corrected chi connectivity index (χ0v) is 10.7. The number of nitrogens with zero attached hydrogens (tertiary/aromatic N) is 1. The molecule has 2 unspecified atom stereocenters. The number of aromatic carboxylic acids is 1. The van der Waals surface area contributed by atoms with Crippen LogP contribution in [0.5, 0.6) is 0 Å². The second-order valence-corrected chi connectivity index (χ2v) is 3.91. The predicted octanol–water partition coefficient (Wildman–Crippen LogP) is 0.391. The molecule has 0 spiro atoms. The summed E-state index contributed by atoms with van der Waals surface area (Å²) in [5, 5.41) is 28.0. The third-order valence-electron chi connectivity index (χ3n) is 2.26. The minimum atomic E-state index is -1.87. The van der Waals surface area contributed by atoms with E-state index in [0.717, 1.165) is 12.3 Å². The molecule has 1 heterocycles. The molecule has 0 aliphatic heterocycles. The Bertz CT molecular complexity index is 492. The van der Waals surface area contributed by atoms with Crippen molar-refractivity contribution in [1.82, 2.24) is 4.98 Å². The van der Waals surface area contributed by atoms with Gasteiger partial charge in [-0.3, -0.25) is 0 Å². The number of esters is 1. The van der Waals surface area contributed by atoms with Gasteiger partial charge in [0.2, 0.25) is 0 Å². The summed E-state index contributed by atoms with van der Waals surface area (Å²) in [4.78, 5) is 25.6. The van der Waals surface area contributed by atoms with Gasteiger partial charge in [0, 0.05) is 11.8 Å². The van der Waals surface area contributed by atoms with Crippen LogP contribution in [0.15, 0.2) is 12.3 Å². The SMILES string of the molecule is CCOC(=O)C(O)C(O)c1cc(C(=O)O)cnc1Cl. The number of carbonyl (C=O) groups excluding carboxylic acids is 1. The number of ether oxygens (including phenoxy) is 1. The highest BCUT2D eigenvalue weighted by atomic mass is 35.5. The zero-order valence-electron chi connectivity index (χ0n) is 9.91. The molecule has 0 aliphatic carbocycles. The first kappa shape index (κ1) is 15.4. The van der Waals surface area contributed by atoms with E-state index in [0.29, 0.717) is 0 Å². The molecule has 0 aliphatic rings. The Labute approximate surface area is 113 Å². The summed E-state index contributed by atoms with van der Waals surface area (Å²) < 4.78 is 4.54. The third-order valence-corrected chi connectivity index (χ3v) is 2.57. The van der Waals surface area contributed by atoms with Crippen LogP contribution in [-0.4, -0.2) is 45.0 Å². The zero-order chi connectivity index (χ0) is 14.6. The maximum atomic E-state index is 11.3. The van der Waals surface area contributed by atoms with Crippen molar-refractivity contribution in [3.05, 3.63) is 28.5 Å². The van der Waals surface area contributed by atoms with Gasteiger partial charge in [0.05, 0.1) is 12.2 Å². The molecule has 0 bridgehead atoms. The number of hydrogen-bond acceptors (Lipinski definition) is 6. The summed E-state index contributed by atoms with van der Waals surface area (Å²) in [7, 11) is 0. The Morgan fingerprint density at radius 1 is 1.47 bits per heavy atom. The molecule has 7 nitrogen and oxygen atoms in total. The van der Waals surface area contributed by atoms with Crippen LogP contribution >= 0.6 is 11.6 Å². The van der Waals surface area contributed by atoms with Gasteiger partial charge in [-0.25, -0.2) is 14.6 Å². The van der Waals surface area contributed by atoms with Crippen LogP contribution in [0.25, 0.3) is 0 Å². The molecule has 0 amide bonds. The molecular weight excluding hydrogens is 278 g/mol. The average molecular weight is 290 g/mol. The summed E-state index contributed by atoms with van der Waals surface area (Å²) in [5.74, 6) is -2.31. The molecule has 2 atom stereocenters. The predicted molar refractivity (Wildman–Crippen MR) is 63.8 cm³/mol. The van der Waals surface area contributed by atoms with E-state index < -0.39 is 24.1 Å². The fourth-order valence-electron chi connectivity index (χ4n) is 1.32. The summed E-state index contributed by atoms with van der Waals surface area (Å²) in [6.07, 6.45) is -2.60. The van der Waals surface area contributed by atoms with E-state index in [2.05, 4.69) is 9.72 Å². The van der Waals surface area contributed by atoms with Gasteiger partial charge in [0.1, 0.15) is 11.3 Å². The summed E-state index contributed by atoms with van der Waals surface area (Å²) in [6, 6.07) is 1.03. The van der Waals surface area contributed by atoms with Crippen LogP contribution in [0.4, 0.5) is 0 Å². The van der Waals surface area contributed by atoms with Crippen LogP contribution < -0.4 is 0 Å². The Kier molecular flexibility index (Phi) is 5.22. The molecule has 0 radical (unpaired) electrons. The molecule has 1 aromatic rings. The van der Waals surface area contributed by atoms with Crippen molar-refractivity contribution >= 4 is 23.5 Å². The van der Waals surface area contributed by atoms with Crippen LogP contribution in [0.3, 0.4) is 0 Å². The molecule has 1 rings (SSSR count). The van der Waals surface area contributed by atoms with Crippen molar-refractivity contribution in [2.24, 2.45) is 0 Å². The van der Waals surface area contributed by atoms with Crippen molar-refractivity contribution in [1.29, 1.82) is 0 Å². The lowest BCUT2D eigenvalue weighted by Gasteiger charge is -2.17. The van der Waals surface area contributed by atoms with Crippen molar-refractivity contribution in [2.75, 3.05) is 6.61 Å². The van der Waals surface area contributed by atoms with E-state index in [9.17, 15) is 19.8 Å². The molecule has 8 heteroatoms. The Morgan fingerprint density at radius 3 is 2.63 bits per heavy atom. The molecule has 0 saturated heterocycles. The molecular formula is C11H12ClNO6. The summed E-state index contributed by atoms with van der Waals surface area (Å²) >= 11 is 5.69. The molecule has 0 aromatic carbocycles. The number of carboxylic acids is 1. The number of aliphatic hydroxyl groups excluding tert-OH is 2. The van der Waals surface area contributed by atoms with Crippen LogP contribution in [0, 0.1) is 0 Å². The highest BCUT2D eigenvalue weighted by Gasteiger charge is 2.29. The van der Waals surface area contributed by atoms with E-state index in [1.807, 2.05) is 0 Å². The summed E-state index contributed by atoms with van der Waals surface area (Å²) in [6.45, 7) is 1.57. The van der Waals surface area contributed by atoms with Gasteiger partial charge in [-0.2, -0.15) is 0 Å². The van der Waals surface area contributed by atoms with Gasteiger partial charge in [-0.15, -0.1) is 0 Å². The van der Waals surface area contributed by atoms with E-state index >= 15 is 0 Å². The highest BCUT2D eigenvalue weighted by molar-refractivity contribution is 6.30. The average Bonchev–Trinajstić information content (AvgIpc) is 2.37. The molecule has 19 heavy (non-hydrogen) atoms. The number of carboxylic acid groups (broad SMARTS) is 1. The number of pyridine rings is 1. The number of aromatic nitrogens is 1. The minimum Gasteiger partial charge on any atom is -0.478 e. The first-order valence-corrected chi connectivity index (χ1v) is 5.67. The second kappa shape index (κ2) is 6.46. The van der Waals surface area contributed by atoms with E-state index in [4.69, 9.17) is 16.7 Å². The molecule has 1 aromatic heterocycles. The smallest absolute Gasteiger partial charge is 0.338 e. The van der Waals surface area contributed by atoms with Gasteiger partial charge in [0.25, 0.3) is 0 Å². The Hall–Kier alpha value is -1.70. The fourth-order valence-corrected chi connectivity index (χ4v) is 1.53. The Balaban J connectivity index is 3.04. The summed E-state index contributed by atoms with van der Waals surface area (Å²) in [5.41, 5.74) is -0.392. The third kappa shape index (κ3) is 3.63. The lowest BCUT2D eigenvalue weighted by Crippen LogP contribution is -2.30. The van der Waals surface area contributed by atoms with E-state index in [1.54, 1.807) is 0 Å². The lowest BCUT2D eigenvalue weighted by atomic mass is 10.0. The quantitative estimate of drug-likeness (QED) is 0.530. The largest absolute Gasteiger partial charge is 0.478 e. The van der Waals surface area contributed by atoms with Crippen LogP contribution in [-0.2, 0) is 9.53 Å². The molecule has 104 valence electrons. The fraction of sp³-hybridized carbons (Fsp3) is 0.364. The Morgan fingerprint density at radius 2 is 2.11 bits per heavy atom. The monoisotopic (exact) mass is 289 g/mol. The van der Waals surface area contributed by atoms with Crippen LogP contribution in [0.1, 0.15) is 28.9 Å². The van der Waals surface area contributed by atoms with Gasteiger partial charge in [-0.05, 0) is 13.0 Å². The van der Waals surface area contributed by atoms with Crippen molar-refractivity contribution in [3.8, 4) is 0 Å². The topological polar surface area (TPSA) is 117 Å². The first-order valence-electron chi connectivity index (χ1n) is 5.30. The number of aliphatic hydroxyl groups is 2. The molecule has 0 fully saturated rings. The second-order valence-electron chi connectivity index (χ2n) is 3.55. The van der Waals surface area contributed by atoms with Gasteiger partial charge in [0.15, 0.2) is 6.10 Å². The van der Waals surface area contributed by atoms with E-state index in [-0.39, 0.29) is 22.9 Å². The maximum Gasteiger partial charge on any atom is 0.338 e. The van der Waals surface area contributed by atoms with Crippen molar-refractivity contribution < 1.29 is 29.6 Å². The highest BCUT2D eigenvalue weighted by Crippen LogP contribution is 2.25. The van der Waals surface area contributed by atoms with E-state index in [1.165, 1.54) is 6.92 Å². The van der Waals surface area contributed by atoms with Crippen molar-refractivity contribution in [2.45, 2.75) is 19.1 Å². The molecule has 0 saturated carbocycles. The van der Waals surface area contributed by atoms with Gasteiger partial charge in [-0.1, -0.05) is 11.6 Å². The minimum absolute atomic E-state index is 0.0315. The number of hydrogen-bond donors (Lipinski definition) is 3. The van der Waals surface area contributed by atoms with Gasteiger partial charge < -0.3 is 20.1 Å². The number of rotatable bonds is 5. The number of carbonyl (C=O) groups is 2. The molecule has 3 N–H and O–H groups in total. The van der Waals surface area contributed by atoms with Crippen molar-refractivity contribution in [3.63, 3.8) is 0 Å². The lowest BCUT2D eigenvalue weighted by molar-refractivity contribution is -0.159.